The zero-order valence-electron chi connectivity index (χ0n) is 24.6. The van der Waals surface area contributed by atoms with E-state index in [2.05, 4.69) is 12.2 Å². The highest BCUT2D eigenvalue weighted by Crippen LogP contribution is 2.39. The summed E-state index contributed by atoms with van der Waals surface area (Å²) >= 11 is 0. The van der Waals surface area contributed by atoms with Crippen LogP contribution in [0.2, 0.25) is 0 Å². The van der Waals surface area contributed by atoms with Crippen LogP contribution in [0.1, 0.15) is 68.4 Å². The molecule has 4 rings (SSSR count). The average molecular weight is 583 g/mol. The summed E-state index contributed by atoms with van der Waals surface area (Å²) in [6, 6.07) is 17.3. The number of carbonyl (C=O) groups is 1. The van der Waals surface area contributed by atoms with E-state index in [4.69, 9.17) is 9.47 Å². The van der Waals surface area contributed by atoms with Gasteiger partial charge in [-0.15, -0.1) is 0 Å². The summed E-state index contributed by atoms with van der Waals surface area (Å²) < 4.78 is 39.5. The van der Waals surface area contributed by atoms with E-state index in [1.165, 1.54) is 12.1 Å². The quantitative estimate of drug-likeness (QED) is 0.148. The molecule has 0 spiro atoms. The van der Waals surface area contributed by atoms with E-state index in [9.17, 15) is 23.8 Å². The molecular weight excluding hydrogens is 542 g/mol. The maximum Gasteiger partial charge on any atom is 0.411 e. The zero-order chi connectivity index (χ0) is 30.4. The molecule has 226 valence electrons. The largest absolute Gasteiger partial charge is 0.496 e. The molecule has 1 saturated heterocycles. The minimum absolute atomic E-state index is 0.129. The molecule has 1 fully saturated rings. The van der Waals surface area contributed by atoms with Gasteiger partial charge in [-0.2, -0.15) is 0 Å². The number of unbranched alkanes of at least 4 members (excludes halogenated alkanes) is 1. The Kier molecular flexibility index (Phi) is 10.1. The number of cyclic esters (lactones) is 1. The lowest BCUT2D eigenvalue weighted by Crippen LogP contribution is -2.31. The van der Waals surface area contributed by atoms with Crippen LogP contribution in [0.4, 0.5) is 19.3 Å². The molecule has 0 saturated carbocycles. The molecule has 0 unspecified atom stereocenters. The molecule has 9 heteroatoms. The van der Waals surface area contributed by atoms with Crippen LogP contribution in [-0.2, 0) is 23.6 Å². The van der Waals surface area contributed by atoms with Crippen LogP contribution in [0.25, 0.3) is 11.1 Å². The lowest BCUT2D eigenvalue weighted by Gasteiger charge is -2.24. The molecule has 1 aliphatic rings. The number of hydrogen-bond acceptors (Lipinski definition) is 6. The summed E-state index contributed by atoms with van der Waals surface area (Å²) in [5.74, 6) is -2.37. The van der Waals surface area contributed by atoms with Crippen molar-refractivity contribution in [2.24, 2.45) is 0 Å². The summed E-state index contributed by atoms with van der Waals surface area (Å²) in [6.45, 7) is 5.86. The number of nitrogens with one attached hydrogen (secondary N) is 1. The van der Waals surface area contributed by atoms with Gasteiger partial charge in [-0.3, -0.25) is 4.90 Å². The van der Waals surface area contributed by atoms with Crippen LogP contribution in [-0.4, -0.2) is 47.2 Å². The Bertz CT molecular complexity index is 1370. The van der Waals surface area contributed by atoms with Gasteiger partial charge in [0.2, 0.25) is 0 Å². The highest BCUT2D eigenvalue weighted by atomic mass is 19.3. The first-order valence-corrected chi connectivity index (χ1v) is 14.4. The van der Waals surface area contributed by atoms with Crippen molar-refractivity contribution >= 4 is 11.8 Å². The van der Waals surface area contributed by atoms with Crippen molar-refractivity contribution in [1.82, 2.24) is 4.90 Å². The van der Waals surface area contributed by atoms with Gasteiger partial charge in [-0.1, -0.05) is 43.7 Å². The number of benzene rings is 3. The molecule has 1 heterocycles. The SMILES string of the molecule is CCCCNc1ccc(-c2cc(CCC(O)O)ccc2OC)c(CN2C(=O)O[C@H](c3cccc(C(C)(F)F)c3)[C@@H]2C)c1. The second-order valence-electron chi connectivity index (χ2n) is 10.9. The first kappa shape index (κ1) is 31.3. The Morgan fingerprint density at radius 3 is 2.57 bits per heavy atom. The number of aliphatic hydroxyl groups is 2. The molecule has 1 amide bonds. The lowest BCUT2D eigenvalue weighted by molar-refractivity contribution is -0.0447. The van der Waals surface area contributed by atoms with Crippen LogP contribution in [0.15, 0.2) is 60.7 Å². The second-order valence-corrected chi connectivity index (χ2v) is 10.9. The fraction of sp³-hybridized carbons (Fsp3) is 0.424. The van der Waals surface area contributed by atoms with Gasteiger partial charge >= 0.3 is 6.09 Å². The number of alkyl halides is 2. The third-order valence-electron chi connectivity index (χ3n) is 7.66. The van der Waals surface area contributed by atoms with Crippen LogP contribution in [0, 0.1) is 0 Å². The number of rotatable bonds is 13. The normalized spacial score (nSPS) is 17.1. The fourth-order valence-electron chi connectivity index (χ4n) is 5.26. The van der Waals surface area contributed by atoms with Crippen LogP contribution >= 0.6 is 0 Å². The predicted octanol–water partition coefficient (Wildman–Crippen LogP) is 7.01. The summed E-state index contributed by atoms with van der Waals surface area (Å²) in [6.07, 6.45) is 0.103. The van der Waals surface area contributed by atoms with Crippen molar-refractivity contribution < 1.29 is 33.3 Å². The Balaban J connectivity index is 1.70. The number of hydrogen-bond donors (Lipinski definition) is 3. The summed E-state index contributed by atoms with van der Waals surface area (Å²) in [7, 11) is 1.59. The maximum atomic E-state index is 14.0. The minimum Gasteiger partial charge on any atom is -0.496 e. The lowest BCUT2D eigenvalue weighted by atomic mass is 9.94. The van der Waals surface area contributed by atoms with Gasteiger partial charge in [0.05, 0.1) is 19.7 Å². The smallest absolute Gasteiger partial charge is 0.411 e. The average Bonchev–Trinajstić information content (AvgIpc) is 3.24. The van der Waals surface area contributed by atoms with Gasteiger partial charge in [-0.25, -0.2) is 13.6 Å². The topological polar surface area (TPSA) is 91.3 Å². The van der Waals surface area contributed by atoms with Crippen LogP contribution in [0.5, 0.6) is 5.75 Å². The van der Waals surface area contributed by atoms with E-state index in [0.717, 1.165) is 54.3 Å². The predicted molar refractivity (Wildman–Crippen MR) is 159 cm³/mol. The molecule has 2 atom stereocenters. The molecule has 0 aliphatic carbocycles. The van der Waals surface area contributed by atoms with E-state index in [1.807, 2.05) is 43.3 Å². The second kappa shape index (κ2) is 13.5. The van der Waals surface area contributed by atoms with E-state index in [1.54, 1.807) is 24.1 Å². The molecule has 3 N–H and O–H groups in total. The molecule has 3 aromatic carbocycles. The number of carbonyl (C=O) groups excluding carboxylic acids is 1. The standard InChI is InChI=1S/C33H40F2N2O5/c1-5-6-16-36-26-12-13-27(28-17-22(11-15-30(38)39)10-14-29(28)41-4)24(19-26)20-37-21(2)31(42-32(37)40)23-8-7-9-25(18-23)33(3,34)35/h7-10,12-14,17-19,21,30-31,36,38-39H,5-6,11,15-16,20H2,1-4H3/t21-,31-/m0/s1. The van der Waals surface area contributed by atoms with Gasteiger partial charge in [0.1, 0.15) is 11.9 Å². The zero-order valence-corrected chi connectivity index (χ0v) is 24.6. The van der Waals surface area contributed by atoms with Gasteiger partial charge < -0.3 is 25.0 Å². The van der Waals surface area contributed by atoms with Gasteiger partial charge in [-0.05, 0) is 72.4 Å². The van der Waals surface area contributed by atoms with Gasteiger partial charge in [0.15, 0.2) is 6.29 Å². The summed E-state index contributed by atoms with van der Waals surface area (Å²) in [5, 5.41) is 22.2. The molecule has 1 aliphatic heterocycles. The number of ether oxygens (including phenoxy) is 2. The molecule has 0 radical (unpaired) electrons. The highest BCUT2D eigenvalue weighted by Gasteiger charge is 2.40. The molecule has 0 aromatic heterocycles. The van der Waals surface area contributed by atoms with Crippen molar-refractivity contribution in [3.8, 4) is 16.9 Å². The van der Waals surface area contributed by atoms with Crippen molar-refractivity contribution in [3.05, 3.63) is 82.9 Å². The third kappa shape index (κ3) is 7.38. The van der Waals surface area contributed by atoms with Crippen molar-refractivity contribution in [2.45, 2.75) is 77.4 Å². The maximum absolute atomic E-state index is 14.0. The van der Waals surface area contributed by atoms with Crippen LogP contribution < -0.4 is 10.1 Å². The number of halogens is 2. The van der Waals surface area contributed by atoms with E-state index in [-0.39, 0.29) is 18.5 Å². The molecule has 7 nitrogen and oxygen atoms in total. The number of nitrogens with zero attached hydrogens (tertiary/aromatic N) is 1. The van der Waals surface area contributed by atoms with Crippen LogP contribution in [0.3, 0.4) is 0 Å². The number of aryl methyl sites for hydroxylation is 1. The summed E-state index contributed by atoms with van der Waals surface area (Å²) in [4.78, 5) is 14.8. The van der Waals surface area contributed by atoms with Gasteiger partial charge in [0, 0.05) is 36.7 Å². The van der Waals surface area contributed by atoms with E-state index >= 15 is 0 Å². The van der Waals surface area contributed by atoms with E-state index in [0.29, 0.717) is 17.7 Å². The van der Waals surface area contributed by atoms with Crippen molar-refractivity contribution in [1.29, 1.82) is 0 Å². The summed E-state index contributed by atoms with van der Waals surface area (Å²) in [5.41, 5.74) is 4.74. The van der Waals surface area contributed by atoms with Gasteiger partial charge in [0.25, 0.3) is 5.92 Å². The molecule has 42 heavy (non-hydrogen) atoms. The number of anilines is 1. The van der Waals surface area contributed by atoms with Crippen molar-refractivity contribution in [3.63, 3.8) is 0 Å². The molecule has 0 bridgehead atoms. The minimum atomic E-state index is -3.01. The fourth-order valence-corrected chi connectivity index (χ4v) is 5.26. The number of aliphatic hydroxyl groups excluding tert-OH is 1. The Hall–Kier alpha value is -3.69. The highest BCUT2D eigenvalue weighted by molar-refractivity contribution is 5.77. The first-order valence-electron chi connectivity index (χ1n) is 14.4. The Morgan fingerprint density at radius 1 is 1.10 bits per heavy atom. The number of amides is 1. The Labute approximate surface area is 246 Å². The Morgan fingerprint density at radius 2 is 1.88 bits per heavy atom. The van der Waals surface area contributed by atoms with E-state index < -0.39 is 30.5 Å². The van der Waals surface area contributed by atoms with Crippen molar-refractivity contribution in [2.75, 3.05) is 19.0 Å². The monoisotopic (exact) mass is 582 g/mol. The molecule has 3 aromatic rings. The molecular formula is C33H40F2N2O5. The third-order valence-corrected chi connectivity index (χ3v) is 7.66. The first-order chi connectivity index (χ1) is 20.0. The number of methoxy groups -OCH3 is 1.